The van der Waals surface area contributed by atoms with E-state index in [1.165, 1.54) is 11.3 Å². The summed E-state index contributed by atoms with van der Waals surface area (Å²) in [5, 5.41) is 2.16. The van der Waals surface area contributed by atoms with Crippen LogP contribution in [0.25, 0.3) is 0 Å². The predicted molar refractivity (Wildman–Crippen MR) is 68.1 cm³/mol. The van der Waals surface area contributed by atoms with Gasteiger partial charge in [0, 0.05) is 24.0 Å². The molecule has 0 atom stereocenters. The molecule has 2 aromatic heterocycles. The number of carbonyl (C=O) groups is 1. The first kappa shape index (κ1) is 13.4. The van der Waals surface area contributed by atoms with E-state index in [2.05, 4.69) is 9.97 Å². The van der Waals surface area contributed by atoms with E-state index < -0.39 is 5.60 Å². The van der Waals surface area contributed by atoms with Crippen molar-refractivity contribution in [2.75, 3.05) is 0 Å². The van der Waals surface area contributed by atoms with Crippen LogP contribution in [-0.4, -0.2) is 21.5 Å². The van der Waals surface area contributed by atoms with Gasteiger partial charge in [-0.25, -0.2) is 9.78 Å². The molecule has 0 amide bonds. The summed E-state index contributed by atoms with van der Waals surface area (Å²) in [6.07, 6.45) is 5.34. The molecule has 5 heteroatoms. The average Bonchev–Trinajstić information content (AvgIpc) is 2.93. The van der Waals surface area contributed by atoms with E-state index in [0.717, 1.165) is 0 Å². The summed E-state index contributed by atoms with van der Waals surface area (Å²) in [4.78, 5) is 18.0. The van der Waals surface area contributed by atoms with Gasteiger partial charge in [0.25, 0.3) is 0 Å². The van der Waals surface area contributed by atoms with Crippen LogP contribution >= 0.6 is 11.3 Å². The average molecular weight is 252 g/mol. The molecule has 0 unspecified atom stereocenters. The Morgan fingerprint density at radius 3 is 2.35 bits per heavy atom. The Morgan fingerprint density at radius 1 is 1.35 bits per heavy atom. The Hall–Kier alpha value is -1.62. The van der Waals surface area contributed by atoms with Crippen LogP contribution < -0.4 is 0 Å². The minimum atomic E-state index is -0.442. The van der Waals surface area contributed by atoms with E-state index in [4.69, 9.17) is 4.74 Å². The van der Waals surface area contributed by atoms with E-state index in [1.807, 2.05) is 45.3 Å². The number of nitrogens with one attached hydrogen (secondary N) is 1. The molecule has 2 heterocycles. The van der Waals surface area contributed by atoms with Crippen LogP contribution in [-0.2, 0) is 4.74 Å². The number of nitrogens with zero attached hydrogens (tertiary/aromatic N) is 1. The first-order chi connectivity index (χ1) is 7.99. The Morgan fingerprint density at radius 2 is 2.00 bits per heavy atom. The molecule has 17 heavy (non-hydrogen) atoms. The fourth-order valence-electron chi connectivity index (χ4n) is 0.924. The monoisotopic (exact) mass is 252 g/mol. The molecule has 2 rings (SSSR count). The molecule has 1 N–H and O–H groups in total. The summed E-state index contributed by atoms with van der Waals surface area (Å²) >= 11 is 1.29. The summed E-state index contributed by atoms with van der Waals surface area (Å²) < 4.78 is 5.09. The van der Waals surface area contributed by atoms with Gasteiger partial charge in [0.15, 0.2) is 0 Å². The number of aromatic amines is 1. The fraction of sp³-hybridized carbons (Fsp3) is 0.333. The van der Waals surface area contributed by atoms with E-state index in [9.17, 15) is 4.79 Å². The Kier molecular flexibility index (Phi) is 4.90. The highest BCUT2D eigenvalue weighted by Gasteiger charge is 2.19. The summed E-state index contributed by atoms with van der Waals surface area (Å²) in [5.41, 5.74) is -0.442. The number of esters is 1. The molecule has 0 aromatic carbocycles. The molecule has 0 saturated carbocycles. The first-order valence-corrected chi connectivity index (χ1v) is 6.07. The molecule has 0 saturated heterocycles. The second kappa shape index (κ2) is 6.20. The first-order valence-electron chi connectivity index (χ1n) is 5.19. The van der Waals surface area contributed by atoms with Crippen molar-refractivity contribution >= 4 is 17.3 Å². The third-order valence-electron chi connectivity index (χ3n) is 1.50. The fourth-order valence-corrected chi connectivity index (χ4v) is 1.43. The Balaban J connectivity index is 0.000000239. The maximum Gasteiger partial charge on any atom is 0.367 e. The summed E-state index contributed by atoms with van der Waals surface area (Å²) in [7, 11) is 0. The third-order valence-corrected chi connectivity index (χ3v) is 2.25. The SMILES string of the molecule is CC(C)(C)OC(=O)c1nccs1.c1cc[nH]c1. The number of carbonyl (C=O) groups excluding carboxylic acids is 1. The van der Waals surface area contributed by atoms with Crippen molar-refractivity contribution < 1.29 is 9.53 Å². The standard InChI is InChI=1S/C8H11NO2S.C4H5N/c1-8(2,3)11-7(10)6-9-4-5-12-6;1-2-4-5-3-1/h4-5H,1-3H3;1-5H. The quantitative estimate of drug-likeness (QED) is 0.793. The number of rotatable bonds is 1. The number of H-pyrrole nitrogens is 1. The molecule has 0 aliphatic rings. The van der Waals surface area contributed by atoms with Gasteiger partial charge >= 0.3 is 5.97 Å². The van der Waals surface area contributed by atoms with Crippen LogP contribution in [0.15, 0.2) is 36.1 Å². The van der Waals surface area contributed by atoms with Crippen molar-refractivity contribution in [2.45, 2.75) is 26.4 Å². The van der Waals surface area contributed by atoms with Gasteiger partial charge in [0.2, 0.25) is 5.01 Å². The van der Waals surface area contributed by atoms with Crippen LogP contribution in [0.2, 0.25) is 0 Å². The molecule has 0 fully saturated rings. The molecule has 92 valence electrons. The minimum absolute atomic E-state index is 0.350. The van der Waals surface area contributed by atoms with Crippen molar-refractivity contribution in [3.05, 3.63) is 41.1 Å². The summed E-state index contributed by atoms with van der Waals surface area (Å²) in [6.45, 7) is 5.50. The molecule has 0 bridgehead atoms. The van der Waals surface area contributed by atoms with Crippen LogP contribution in [0.1, 0.15) is 30.6 Å². The normalized spacial score (nSPS) is 10.3. The third kappa shape index (κ3) is 5.87. The molecule has 0 radical (unpaired) electrons. The molecular weight excluding hydrogens is 236 g/mol. The summed E-state index contributed by atoms with van der Waals surface area (Å²) in [5.74, 6) is -0.350. The number of hydrogen-bond donors (Lipinski definition) is 1. The van der Waals surface area contributed by atoms with Crippen molar-refractivity contribution in [2.24, 2.45) is 0 Å². The lowest BCUT2D eigenvalue weighted by atomic mass is 10.2. The molecule has 0 spiro atoms. The number of thiazole rings is 1. The maximum atomic E-state index is 11.2. The van der Waals surface area contributed by atoms with Gasteiger partial charge in [-0.3, -0.25) is 0 Å². The molecule has 0 aliphatic heterocycles. The highest BCUT2D eigenvalue weighted by atomic mass is 32.1. The molecule has 4 nitrogen and oxygen atoms in total. The minimum Gasteiger partial charge on any atom is -0.455 e. The Labute approximate surface area is 105 Å². The van der Waals surface area contributed by atoms with Gasteiger partial charge < -0.3 is 9.72 Å². The van der Waals surface area contributed by atoms with Gasteiger partial charge in [0.1, 0.15) is 5.60 Å². The van der Waals surface area contributed by atoms with Gasteiger partial charge in [-0.1, -0.05) is 0 Å². The van der Waals surface area contributed by atoms with Crippen molar-refractivity contribution in [1.29, 1.82) is 0 Å². The van der Waals surface area contributed by atoms with Crippen LogP contribution in [0.3, 0.4) is 0 Å². The second-order valence-electron chi connectivity index (χ2n) is 4.22. The molecule has 0 aliphatic carbocycles. The van der Waals surface area contributed by atoms with E-state index in [1.54, 1.807) is 11.6 Å². The van der Waals surface area contributed by atoms with E-state index in [-0.39, 0.29) is 5.97 Å². The van der Waals surface area contributed by atoms with Crippen LogP contribution in [0.5, 0.6) is 0 Å². The number of hydrogen-bond acceptors (Lipinski definition) is 4. The summed E-state index contributed by atoms with van der Waals surface area (Å²) in [6, 6.07) is 3.89. The van der Waals surface area contributed by atoms with Crippen molar-refractivity contribution in [1.82, 2.24) is 9.97 Å². The van der Waals surface area contributed by atoms with Gasteiger partial charge in [-0.2, -0.15) is 0 Å². The van der Waals surface area contributed by atoms with Gasteiger partial charge in [-0.15, -0.1) is 11.3 Å². The number of ether oxygens (including phenoxy) is 1. The molecule has 2 aromatic rings. The molecular formula is C12H16N2O2S. The topological polar surface area (TPSA) is 55.0 Å². The smallest absolute Gasteiger partial charge is 0.367 e. The Bertz CT molecular complexity index is 399. The van der Waals surface area contributed by atoms with Gasteiger partial charge in [-0.05, 0) is 32.9 Å². The lowest BCUT2D eigenvalue weighted by Gasteiger charge is -2.18. The van der Waals surface area contributed by atoms with Crippen molar-refractivity contribution in [3.63, 3.8) is 0 Å². The lowest BCUT2D eigenvalue weighted by Crippen LogP contribution is -2.23. The van der Waals surface area contributed by atoms with E-state index >= 15 is 0 Å². The highest BCUT2D eigenvalue weighted by Crippen LogP contribution is 2.13. The largest absolute Gasteiger partial charge is 0.455 e. The lowest BCUT2D eigenvalue weighted by molar-refractivity contribution is 0.00692. The second-order valence-corrected chi connectivity index (χ2v) is 5.12. The van der Waals surface area contributed by atoms with Gasteiger partial charge in [0.05, 0.1) is 0 Å². The zero-order chi connectivity index (χ0) is 12.7. The zero-order valence-corrected chi connectivity index (χ0v) is 11.0. The highest BCUT2D eigenvalue weighted by molar-refractivity contribution is 7.11. The van der Waals surface area contributed by atoms with Crippen LogP contribution in [0.4, 0.5) is 0 Å². The van der Waals surface area contributed by atoms with Crippen molar-refractivity contribution in [3.8, 4) is 0 Å². The number of aromatic nitrogens is 2. The predicted octanol–water partition coefficient (Wildman–Crippen LogP) is 3.11. The maximum absolute atomic E-state index is 11.2. The van der Waals surface area contributed by atoms with Crippen LogP contribution in [0, 0.1) is 0 Å². The van der Waals surface area contributed by atoms with E-state index in [0.29, 0.717) is 5.01 Å². The zero-order valence-electron chi connectivity index (χ0n) is 10.1.